The van der Waals surface area contributed by atoms with Crippen LogP contribution in [-0.2, 0) is 16.2 Å². The van der Waals surface area contributed by atoms with Gasteiger partial charge < -0.3 is 45.2 Å². The highest BCUT2D eigenvalue weighted by Gasteiger charge is 2.61. The summed E-state index contributed by atoms with van der Waals surface area (Å²) >= 11 is 0. The first-order chi connectivity index (χ1) is 19.2. The van der Waals surface area contributed by atoms with Gasteiger partial charge in [0.15, 0.2) is 22.8 Å². The molecule has 0 unspecified atom stereocenters. The fourth-order valence-electron chi connectivity index (χ4n) is 6.80. The molecule has 6 rings (SSSR count). The molecule has 2 heterocycles. The van der Waals surface area contributed by atoms with Crippen LogP contribution in [-0.4, -0.2) is 70.7 Å². The Labute approximate surface area is 234 Å². The van der Waals surface area contributed by atoms with Gasteiger partial charge in [0.2, 0.25) is 0 Å². The van der Waals surface area contributed by atoms with Crippen LogP contribution in [0.15, 0.2) is 35.4 Å². The molecule has 216 valence electrons. The first-order valence-electron chi connectivity index (χ1n) is 13.2. The van der Waals surface area contributed by atoms with Crippen LogP contribution in [0.2, 0.25) is 0 Å². The van der Waals surface area contributed by atoms with E-state index in [1.165, 1.54) is 32.0 Å². The summed E-state index contributed by atoms with van der Waals surface area (Å²) in [6.07, 6.45) is -3.31. The van der Waals surface area contributed by atoms with Gasteiger partial charge in [-0.15, -0.1) is 0 Å². The minimum Gasteiger partial charge on any atom is -0.507 e. The third-order valence-corrected chi connectivity index (χ3v) is 9.01. The molecule has 2 saturated carbocycles. The van der Waals surface area contributed by atoms with Gasteiger partial charge in [-0.25, -0.2) is 0 Å². The number of ketones is 2. The van der Waals surface area contributed by atoms with Gasteiger partial charge in [-0.05, 0) is 69.0 Å². The summed E-state index contributed by atoms with van der Waals surface area (Å²) in [5.74, 6) is -5.82. The minimum absolute atomic E-state index is 0.0360. The van der Waals surface area contributed by atoms with Crippen LogP contribution in [0.25, 0.3) is 11.5 Å². The quantitative estimate of drug-likeness (QED) is 0.282. The number of fused-ring (bicyclic) bond motifs is 4. The van der Waals surface area contributed by atoms with Crippen molar-refractivity contribution in [1.29, 1.82) is 0 Å². The summed E-state index contributed by atoms with van der Waals surface area (Å²) in [5.41, 5.74) is -3.46. The Morgan fingerprint density at radius 1 is 0.756 bits per heavy atom. The maximum Gasteiger partial charge on any atom is 0.170 e. The van der Waals surface area contributed by atoms with Crippen molar-refractivity contribution in [1.82, 2.24) is 0 Å². The Bertz CT molecular complexity index is 1600. The molecule has 2 aromatic rings. The molecule has 0 radical (unpaired) electrons. The lowest BCUT2D eigenvalue weighted by Crippen LogP contribution is -2.61. The fourth-order valence-corrected chi connectivity index (χ4v) is 6.80. The molecule has 2 fully saturated rings. The molecule has 41 heavy (non-hydrogen) atoms. The normalized spacial score (nSPS) is 32.4. The molecule has 0 bridgehead atoms. The highest BCUT2D eigenvalue weighted by atomic mass is 16.5. The minimum atomic E-state index is -1.74. The number of hydrogen-bond donors (Lipinski definition) is 7. The van der Waals surface area contributed by atoms with Crippen molar-refractivity contribution < 1.29 is 54.8 Å². The Kier molecular flexibility index (Phi) is 5.77. The van der Waals surface area contributed by atoms with E-state index in [1.54, 1.807) is 13.0 Å². The van der Waals surface area contributed by atoms with Crippen molar-refractivity contribution in [2.45, 2.75) is 63.6 Å². The topological polar surface area (TPSA) is 194 Å². The summed E-state index contributed by atoms with van der Waals surface area (Å²) in [7, 11) is 0. The molecule has 6 atom stereocenters. The van der Waals surface area contributed by atoms with Crippen LogP contribution >= 0.6 is 0 Å². The Morgan fingerprint density at radius 2 is 1.20 bits per heavy atom. The zero-order valence-corrected chi connectivity index (χ0v) is 22.5. The first kappa shape index (κ1) is 27.1. The average Bonchev–Trinajstić information content (AvgIpc) is 2.87. The smallest absolute Gasteiger partial charge is 0.170 e. The van der Waals surface area contributed by atoms with Gasteiger partial charge in [0.25, 0.3) is 0 Å². The summed E-state index contributed by atoms with van der Waals surface area (Å²) < 4.78 is 12.0. The lowest BCUT2D eigenvalue weighted by Gasteiger charge is -2.50. The molecule has 0 spiro atoms. The van der Waals surface area contributed by atoms with E-state index in [9.17, 15) is 45.3 Å². The second kappa shape index (κ2) is 8.72. The first-order valence-corrected chi connectivity index (χ1v) is 13.2. The molecular weight excluding hydrogens is 536 g/mol. The molecule has 0 aromatic heterocycles. The zero-order chi connectivity index (χ0) is 29.8. The number of aromatic hydroxyl groups is 2. The van der Waals surface area contributed by atoms with Crippen LogP contribution in [0.4, 0.5) is 0 Å². The van der Waals surface area contributed by atoms with Gasteiger partial charge in [-0.1, -0.05) is 0 Å². The molecule has 11 nitrogen and oxygen atoms in total. The van der Waals surface area contributed by atoms with E-state index >= 15 is 0 Å². The fraction of sp³-hybridized carbons (Fsp3) is 0.400. The van der Waals surface area contributed by atoms with E-state index in [0.29, 0.717) is 5.56 Å². The van der Waals surface area contributed by atoms with Gasteiger partial charge in [-0.3, -0.25) is 9.59 Å². The van der Waals surface area contributed by atoms with Crippen molar-refractivity contribution in [3.8, 4) is 23.0 Å². The number of phenolic OH excluding ortho intramolecular Hbond substituents is 2. The van der Waals surface area contributed by atoms with E-state index in [-0.39, 0.29) is 57.9 Å². The lowest BCUT2D eigenvalue weighted by atomic mass is 9.60. The van der Waals surface area contributed by atoms with Gasteiger partial charge in [-0.2, -0.15) is 0 Å². The SMILES string of the molecule is Cc1cc(O)c2c(c1)O[C@@]1(C)C(=C2O)C(=O)[C@H]([C@H]2C[C@H](O)[C@]3(C)Oc4cc(CO)cc(O)c4C(O)=C3C2=O)C[C@@H]1O. The number of carbonyl (C=O) groups is 2. The maximum absolute atomic E-state index is 14.0. The van der Waals surface area contributed by atoms with Gasteiger partial charge in [0, 0.05) is 11.8 Å². The summed E-state index contributed by atoms with van der Waals surface area (Å²) in [5, 5.41) is 75.6. The molecule has 7 N–H and O–H groups in total. The number of aliphatic hydroxyl groups excluding tert-OH is 5. The predicted octanol–water partition coefficient (Wildman–Crippen LogP) is 2.34. The number of aliphatic hydroxyl groups is 5. The van der Waals surface area contributed by atoms with E-state index in [4.69, 9.17) is 9.47 Å². The van der Waals surface area contributed by atoms with Crippen LogP contribution in [0.5, 0.6) is 23.0 Å². The molecule has 0 saturated heterocycles. The largest absolute Gasteiger partial charge is 0.507 e. The summed E-state index contributed by atoms with van der Waals surface area (Å²) in [4.78, 5) is 28.0. The molecule has 4 aliphatic rings. The van der Waals surface area contributed by atoms with E-state index < -0.39 is 70.7 Å². The van der Waals surface area contributed by atoms with Gasteiger partial charge in [0.05, 0.1) is 30.0 Å². The third kappa shape index (κ3) is 3.55. The second-order valence-electron chi connectivity index (χ2n) is 11.6. The van der Waals surface area contributed by atoms with E-state index in [0.717, 1.165) is 0 Å². The third-order valence-electron chi connectivity index (χ3n) is 9.01. The molecule has 2 aliphatic heterocycles. The number of phenols is 2. The maximum atomic E-state index is 14.0. The number of aryl methyl sites for hydroxylation is 1. The number of Topliss-reactive ketones (excluding diaryl/α,β-unsaturated/α-hetero) is 2. The van der Waals surface area contributed by atoms with Crippen molar-refractivity contribution in [3.05, 3.63) is 57.7 Å². The van der Waals surface area contributed by atoms with Crippen molar-refractivity contribution in [2.24, 2.45) is 11.8 Å². The highest BCUT2D eigenvalue weighted by Crippen LogP contribution is 2.54. The Hall–Kier alpha value is -4.06. The molecule has 0 amide bonds. The van der Waals surface area contributed by atoms with Crippen LogP contribution in [0.3, 0.4) is 0 Å². The van der Waals surface area contributed by atoms with Crippen LogP contribution < -0.4 is 9.47 Å². The number of carbonyl (C=O) groups excluding carboxylic acids is 2. The standard InChI is InChI=1S/C30H30O11/c1-11-4-15(32)21-17(5-11)40-29(2)19(34)8-13(25(36)23(29)27(21)38)14-9-20(35)30(3)24(26(14)37)28(39)22-16(33)6-12(10-31)7-18(22)41-30/h4-7,13-14,19-20,31-35,38-39H,8-10H2,1-3H3/t13-,14+,19-,20-,29+,30-/m0/s1. The van der Waals surface area contributed by atoms with Crippen molar-refractivity contribution in [3.63, 3.8) is 0 Å². The molecule has 11 heteroatoms. The van der Waals surface area contributed by atoms with E-state index in [2.05, 4.69) is 0 Å². The molecule has 2 aliphatic carbocycles. The van der Waals surface area contributed by atoms with Crippen LogP contribution in [0, 0.1) is 18.8 Å². The lowest BCUT2D eigenvalue weighted by molar-refractivity contribution is -0.146. The number of rotatable bonds is 2. The summed E-state index contributed by atoms with van der Waals surface area (Å²) in [6.45, 7) is 4.12. The predicted molar refractivity (Wildman–Crippen MR) is 142 cm³/mol. The Morgan fingerprint density at radius 3 is 1.66 bits per heavy atom. The number of ether oxygens (including phenoxy) is 2. The van der Waals surface area contributed by atoms with E-state index in [1.807, 2.05) is 0 Å². The average molecular weight is 567 g/mol. The molecular formula is C30H30O11. The summed E-state index contributed by atoms with van der Waals surface area (Å²) in [6, 6.07) is 5.54. The monoisotopic (exact) mass is 566 g/mol. The highest BCUT2D eigenvalue weighted by molar-refractivity contribution is 6.13. The number of hydrogen-bond acceptors (Lipinski definition) is 11. The van der Waals surface area contributed by atoms with Gasteiger partial charge >= 0.3 is 0 Å². The van der Waals surface area contributed by atoms with Crippen molar-refractivity contribution >= 4 is 23.1 Å². The van der Waals surface area contributed by atoms with Gasteiger partial charge in [0.1, 0.15) is 45.6 Å². The van der Waals surface area contributed by atoms with Crippen LogP contribution in [0.1, 0.15) is 48.9 Å². The Balaban J connectivity index is 1.46. The van der Waals surface area contributed by atoms with Crippen molar-refractivity contribution in [2.75, 3.05) is 0 Å². The molecule has 2 aromatic carbocycles. The second-order valence-corrected chi connectivity index (χ2v) is 11.6. The number of benzene rings is 2. The zero-order valence-electron chi connectivity index (χ0n) is 22.5.